The summed E-state index contributed by atoms with van der Waals surface area (Å²) in [5, 5.41) is 3.79. The average Bonchev–Trinajstić information content (AvgIpc) is 2.38. The zero-order valence-corrected chi connectivity index (χ0v) is 13.5. The number of methoxy groups -OCH3 is 1. The molecular formula is C13H15N2O3W-. The molecule has 1 unspecified atom stereocenters. The molecule has 1 fully saturated rings. The molecule has 1 aromatic carbocycles. The van der Waals surface area contributed by atoms with E-state index in [0.29, 0.717) is 13.1 Å². The zero-order chi connectivity index (χ0) is 13.0. The van der Waals surface area contributed by atoms with Crippen LogP contribution in [-0.2, 0) is 41.9 Å². The molecule has 0 spiro atoms. The Balaban J connectivity index is 0.00000180. The molecule has 1 heterocycles. The number of nitrogens with zero attached hydrogens (tertiary/aromatic N) is 2. The quantitative estimate of drug-likeness (QED) is 0.669. The Morgan fingerprint density at radius 1 is 1.42 bits per heavy atom. The molecule has 1 saturated heterocycles. The van der Waals surface area contributed by atoms with Crippen LogP contribution in [0.1, 0.15) is 5.56 Å². The molecule has 1 aliphatic heterocycles. The Hall–Kier alpha value is -1.19. The van der Waals surface area contributed by atoms with Gasteiger partial charge in [0.15, 0.2) is 0 Å². The summed E-state index contributed by atoms with van der Waals surface area (Å²) in [7, 11) is 1.30. The molecule has 0 saturated carbocycles. The Morgan fingerprint density at radius 2 is 2.11 bits per heavy atom. The SMILES string of the molecule is COC(=O)C1CN(Cc2ccccc2)CC(=O)[N-]1.[W]. The van der Waals surface area contributed by atoms with Crippen molar-refractivity contribution in [2.75, 3.05) is 20.2 Å². The van der Waals surface area contributed by atoms with Gasteiger partial charge in [-0.2, -0.15) is 0 Å². The van der Waals surface area contributed by atoms with Crippen LogP contribution >= 0.6 is 0 Å². The van der Waals surface area contributed by atoms with Gasteiger partial charge in [0.05, 0.1) is 13.0 Å². The Bertz CT molecular complexity index is 439. The number of carbonyl (C=O) groups is 2. The molecule has 1 aromatic rings. The molecule has 2 rings (SSSR count). The van der Waals surface area contributed by atoms with Crippen LogP contribution in [0.25, 0.3) is 5.32 Å². The predicted octanol–water partition coefficient (Wildman–Crippen LogP) is 0.942. The summed E-state index contributed by atoms with van der Waals surface area (Å²) in [6, 6.07) is 9.12. The van der Waals surface area contributed by atoms with Gasteiger partial charge in [0.2, 0.25) is 0 Å². The molecule has 5 nitrogen and oxygen atoms in total. The second-order valence-corrected chi connectivity index (χ2v) is 4.22. The molecule has 102 valence electrons. The van der Waals surface area contributed by atoms with Crippen LogP contribution in [0.5, 0.6) is 0 Å². The summed E-state index contributed by atoms with van der Waals surface area (Å²) in [6.45, 7) is 1.31. The molecule has 1 atom stereocenters. The number of esters is 1. The summed E-state index contributed by atoms with van der Waals surface area (Å²) < 4.78 is 4.62. The standard InChI is InChI=1S/C13H16N2O3.W/c1-18-13(17)11-8-15(9-12(16)14-11)7-10-5-3-2-4-6-10;/h2-6,11H,7-9H2,1H3,(H,14,16);/p-1. The summed E-state index contributed by atoms with van der Waals surface area (Å²) >= 11 is 0. The maximum absolute atomic E-state index is 11.5. The van der Waals surface area contributed by atoms with Gasteiger partial charge < -0.3 is 14.8 Å². The van der Waals surface area contributed by atoms with Gasteiger partial charge >= 0.3 is 0 Å². The number of benzene rings is 1. The molecular weight excluding hydrogens is 416 g/mol. The predicted molar refractivity (Wildman–Crippen MR) is 65.9 cm³/mol. The monoisotopic (exact) mass is 431 g/mol. The van der Waals surface area contributed by atoms with Crippen molar-refractivity contribution in [1.29, 1.82) is 0 Å². The van der Waals surface area contributed by atoms with E-state index in [0.717, 1.165) is 5.56 Å². The van der Waals surface area contributed by atoms with Crippen molar-refractivity contribution in [1.82, 2.24) is 4.90 Å². The first kappa shape index (κ1) is 15.9. The van der Waals surface area contributed by atoms with E-state index in [1.165, 1.54) is 7.11 Å². The van der Waals surface area contributed by atoms with E-state index in [2.05, 4.69) is 10.1 Å². The fourth-order valence-corrected chi connectivity index (χ4v) is 1.98. The second-order valence-electron chi connectivity index (χ2n) is 4.22. The third-order valence-corrected chi connectivity index (χ3v) is 2.81. The first-order chi connectivity index (χ1) is 8.69. The van der Waals surface area contributed by atoms with Gasteiger partial charge in [-0.1, -0.05) is 30.3 Å². The van der Waals surface area contributed by atoms with E-state index in [4.69, 9.17) is 0 Å². The summed E-state index contributed by atoms with van der Waals surface area (Å²) in [5.41, 5.74) is 1.11. The molecule has 6 heteroatoms. The van der Waals surface area contributed by atoms with Crippen molar-refractivity contribution in [2.45, 2.75) is 12.6 Å². The summed E-state index contributed by atoms with van der Waals surface area (Å²) in [4.78, 5) is 24.8. The molecule has 0 aromatic heterocycles. The van der Waals surface area contributed by atoms with Crippen LogP contribution in [0, 0.1) is 0 Å². The van der Waals surface area contributed by atoms with Crippen LogP contribution in [0.15, 0.2) is 30.3 Å². The van der Waals surface area contributed by atoms with E-state index >= 15 is 0 Å². The van der Waals surface area contributed by atoms with Crippen LogP contribution in [0.4, 0.5) is 0 Å². The van der Waals surface area contributed by atoms with Crippen LogP contribution < -0.4 is 0 Å². The molecule has 1 amide bonds. The van der Waals surface area contributed by atoms with Crippen LogP contribution in [-0.4, -0.2) is 43.0 Å². The molecule has 19 heavy (non-hydrogen) atoms. The first-order valence-electron chi connectivity index (χ1n) is 5.77. The van der Waals surface area contributed by atoms with Crippen LogP contribution in [0.2, 0.25) is 0 Å². The smallest absolute Gasteiger partial charge is 0.292 e. The van der Waals surface area contributed by atoms with Crippen molar-refractivity contribution < 1.29 is 35.4 Å². The minimum Gasteiger partial charge on any atom is -0.640 e. The van der Waals surface area contributed by atoms with Gasteiger partial charge in [-0.3, -0.25) is 9.69 Å². The largest absolute Gasteiger partial charge is 0.640 e. The number of hydrogen-bond acceptors (Lipinski definition) is 4. The molecule has 0 bridgehead atoms. The second kappa shape index (κ2) is 7.41. The fraction of sp³-hybridized carbons (Fsp3) is 0.385. The van der Waals surface area contributed by atoms with Crippen molar-refractivity contribution in [2.24, 2.45) is 0 Å². The minimum atomic E-state index is -0.694. The average molecular weight is 431 g/mol. The zero-order valence-electron chi connectivity index (χ0n) is 10.6. The number of carbonyl (C=O) groups excluding carboxylic acids is 2. The van der Waals surface area contributed by atoms with E-state index in [1.807, 2.05) is 35.2 Å². The molecule has 0 radical (unpaired) electrons. The van der Waals surface area contributed by atoms with Crippen molar-refractivity contribution in [3.63, 3.8) is 0 Å². The first-order valence-corrected chi connectivity index (χ1v) is 5.77. The van der Waals surface area contributed by atoms with E-state index < -0.39 is 12.0 Å². The van der Waals surface area contributed by atoms with Crippen molar-refractivity contribution in [3.05, 3.63) is 41.2 Å². The van der Waals surface area contributed by atoms with Gasteiger partial charge in [0.25, 0.3) is 5.97 Å². The molecule has 1 aliphatic rings. The van der Waals surface area contributed by atoms with E-state index in [1.54, 1.807) is 0 Å². The van der Waals surface area contributed by atoms with Gasteiger partial charge in [0, 0.05) is 34.2 Å². The van der Waals surface area contributed by atoms with E-state index in [9.17, 15) is 9.59 Å². The van der Waals surface area contributed by atoms with Gasteiger partial charge in [-0.15, -0.1) is 0 Å². The summed E-state index contributed by atoms with van der Waals surface area (Å²) in [5.74, 6) is -0.728. The third-order valence-electron chi connectivity index (χ3n) is 2.81. The third kappa shape index (κ3) is 4.44. The number of ether oxygens (including phenoxy) is 1. The molecule has 0 N–H and O–H groups in total. The number of hydrogen-bond donors (Lipinski definition) is 0. The normalized spacial score (nSPS) is 19.2. The number of rotatable bonds is 3. The Morgan fingerprint density at radius 3 is 2.74 bits per heavy atom. The van der Waals surface area contributed by atoms with Gasteiger partial charge in [-0.25, -0.2) is 0 Å². The Kier molecular flexibility index (Phi) is 6.19. The Labute approximate surface area is 126 Å². The summed E-state index contributed by atoms with van der Waals surface area (Å²) in [6.07, 6.45) is 0. The topological polar surface area (TPSA) is 60.7 Å². The number of amides is 1. The maximum Gasteiger partial charge on any atom is 0.292 e. The van der Waals surface area contributed by atoms with Crippen LogP contribution in [0.3, 0.4) is 0 Å². The number of piperazine rings is 1. The minimum absolute atomic E-state index is 0. The van der Waals surface area contributed by atoms with Gasteiger partial charge in [-0.05, 0) is 18.2 Å². The maximum atomic E-state index is 11.5. The van der Waals surface area contributed by atoms with Crippen molar-refractivity contribution in [3.8, 4) is 0 Å². The van der Waals surface area contributed by atoms with Crippen molar-refractivity contribution >= 4 is 11.9 Å². The van der Waals surface area contributed by atoms with E-state index in [-0.39, 0.29) is 33.5 Å². The molecule has 0 aliphatic carbocycles. The fourth-order valence-electron chi connectivity index (χ4n) is 1.98. The van der Waals surface area contributed by atoms with Gasteiger partial charge in [0.1, 0.15) is 0 Å².